The van der Waals surface area contributed by atoms with Crippen molar-refractivity contribution in [3.05, 3.63) is 71.8 Å². The van der Waals surface area contributed by atoms with Crippen molar-refractivity contribution in [3.63, 3.8) is 0 Å². The monoisotopic (exact) mass is 348 g/mol. The predicted octanol–water partition coefficient (Wildman–Crippen LogP) is 1.27. The van der Waals surface area contributed by atoms with Crippen LogP contribution in [0.1, 0.15) is 11.1 Å². The zero-order valence-corrected chi connectivity index (χ0v) is 13.6. The maximum atomic E-state index is 12.3. The highest BCUT2D eigenvalue weighted by Crippen LogP contribution is 2.32. The second-order valence-corrected chi connectivity index (χ2v) is 6.59. The summed E-state index contributed by atoms with van der Waals surface area (Å²) in [6.07, 6.45) is 0.715. The number of rotatable bonds is 2. The highest BCUT2D eigenvalue weighted by Gasteiger charge is 2.48. The zero-order valence-electron chi connectivity index (χ0n) is 12.8. The number of carbonyl (C=O) groups is 2. The Labute approximate surface area is 139 Å². The van der Waals surface area contributed by atoms with E-state index in [0.29, 0.717) is 6.26 Å². The van der Waals surface area contributed by atoms with E-state index in [0.717, 1.165) is 11.1 Å². The lowest BCUT2D eigenvalue weighted by Crippen LogP contribution is -2.44. The van der Waals surface area contributed by atoms with Crippen molar-refractivity contribution in [2.75, 3.05) is 6.26 Å². The maximum absolute atomic E-state index is 12.3. The van der Waals surface area contributed by atoms with Crippen LogP contribution in [0.15, 0.2) is 60.7 Å². The summed E-state index contributed by atoms with van der Waals surface area (Å²) < 4.78 is 25.9. The fourth-order valence-corrected chi connectivity index (χ4v) is 2.40. The van der Waals surface area contributed by atoms with E-state index in [1.165, 1.54) is 0 Å². The molecule has 8 heteroatoms. The van der Waals surface area contributed by atoms with Gasteiger partial charge in [0.25, 0.3) is 16.0 Å². The Morgan fingerprint density at radius 2 is 1.25 bits per heavy atom. The molecule has 1 aliphatic rings. The smallest absolute Gasteiger partial charge is 0.316 e. The van der Waals surface area contributed by atoms with Gasteiger partial charge in [0.1, 0.15) is 0 Å². The molecule has 1 aliphatic heterocycles. The van der Waals surface area contributed by atoms with Crippen LogP contribution in [0, 0.1) is 0 Å². The first kappa shape index (κ1) is 17.6. The van der Waals surface area contributed by atoms with Gasteiger partial charge in [-0.05, 0) is 11.1 Å². The highest BCUT2D eigenvalue weighted by molar-refractivity contribution is 7.85. The number of benzene rings is 2. The molecule has 7 nitrogen and oxygen atoms in total. The van der Waals surface area contributed by atoms with E-state index in [2.05, 4.69) is 10.6 Å². The second kappa shape index (κ2) is 6.81. The number of amides is 3. The van der Waals surface area contributed by atoms with Crippen LogP contribution in [0.2, 0.25) is 0 Å². The molecule has 1 saturated heterocycles. The molecule has 0 bridgehead atoms. The van der Waals surface area contributed by atoms with Crippen molar-refractivity contribution in [3.8, 4) is 0 Å². The molecule has 1 heterocycles. The van der Waals surface area contributed by atoms with E-state index >= 15 is 0 Å². The van der Waals surface area contributed by atoms with Gasteiger partial charge in [-0.3, -0.25) is 14.7 Å². The molecular weight excluding hydrogens is 332 g/mol. The summed E-state index contributed by atoms with van der Waals surface area (Å²) in [5.41, 5.74) is 0.341. The first-order valence-corrected chi connectivity index (χ1v) is 8.75. The molecule has 3 amide bonds. The van der Waals surface area contributed by atoms with Crippen molar-refractivity contribution >= 4 is 22.1 Å². The third-order valence-corrected chi connectivity index (χ3v) is 3.28. The van der Waals surface area contributed by atoms with E-state index in [4.69, 9.17) is 4.55 Å². The predicted molar refractivity (Wildman–Crippen MR) is 87.8 cm³/mol. The van der Waals surface area contributed by atoms with Crippen molar-refractivity contribution < 1.29 is 22.6 Å². The molecule has 2 aromatic carbocycles. The summed E-state index contributed by atoms with van der Waals surface area (Å²) in [6, 6.07) is 18.0. The van der Waals surface area contributed by atoms with Crippen LogP contribution in [-0.4, -0.2) is 31.2 Å². The molecule has 126 valence electrons. The van der Waals surface area contributed by atoms with Crippen LogP contribution in [0.3, 0.4) is 0 Å². The molecule has 0 aromatic heterocycles. The Morgan fingerprint density at radius 1 is 0.875 bits per heavy atom. The molecule has 3 N–H and O–H groups in total. The number of nitrogens with one attached hydrogen (secondary N) is 2. The normalized spacial score (nSPS) is 15.8. The summed E-state index contributed by atoms with van der Waals surface area (Å²) >= 11 is 0. The van der Waals surface area contributed by atoms with E-state index < -0.39 is 21.7 Å². The van der Waals surface area contributed by atoms with Crippen molar-refractivity contribution in [2.24, 2.45) is 0 Å². The topological polar surface area (TPSA) is 113 Å². The lowest BCUT2D eigenvalue weighted by atomic mass is 9.83. The molecule has 0 aliphatic carbocycles. The van der Waals surface area contributed by atoms with Gasteiger partial charge in [-0.15, -0.1) is 0 Å². The van der Waals surface area contributed by atoms with E-state index in [9.17, 15) is 18.0 Å². The van der Waals surface area contributed by atoms with Gasteiger partial charge in [0.15, 0.2) is 5.54 Å². The summed E-state index contributed by atoms with van der Waals surface area (Å²) in [6.45, 7) is 0. The molecule has 2 aromatic rings. The molecule has 1 fully saturated rings. The number of hydrogen-bond acceptors (Lipinski definition) is 4. The van der Waals surface area contributed by atoms with Crippen molar-refractivity contribution in [1.82, 2.24) is 10.6 Å². The molecule has 0 atom stereocenters. The first-order chi connectivity index (χ1) is 11.2. The quantitative estimate of drug-likeness (QED) is 0.559. The van der Waals surface area contributed by atoms with Crippen molar-refractivity contribution in [2.45, 2.75) is 5.54 Å². The average molecular weight is 348 g/mol. The van der Waals surface area contributed by atoms with Gasteiger partial charge in [0.05, 0.1) is 6.26 Å². The lowest BCUT2D eigenvalue weighted by molar-refractivity contribution is -0.122. The summed E-state index contributed by atoms with van der Waals surface area (Å²) in [5, 5.41) is 5.07. The van der Waals surface area contributed by atoms with Crippen LogP contribution >= 0.6 is 0 Å². The van der Waals surface area contributed by atoms with Gasteiger partial charge in [0.2, 0.25) is 0 Å². The van der Waals surface area contributed by atoms with Crippen LogP contribution in [0.25, 0.3) is 0 Å². The molecule has 0 spiro atoms. The zero-order chi connectivity index (χ0) is 17.8. The minimum atomic E-state index is -3.67. The van der Waals surface area contributed by atoms with Crippen molar-refractivity contribution in [1.29, 1.82) is 0 Å². The molecule has 0 radical (unpaired) electrons. The van der Waals surface area contributed by atoms with Crippen LogP contribution in [0.5, 0.6) is 0 Å². The fourth-order valence-electron chi connectivity index (χ4n) is 2.40. The summed E-state index contributed by atoms with van der Waals surface area (Å²) in [5.74, 6) is -0.352. The first-order valence-electron chi connectivity index (χ1n) is 6.90. The number of urea groups is 1. The Morgan fingerprint density at radius 3 is 1.54 bits per heavy atom. The SMILES string of the molecule is CS(=O)(=O)O.O=C1NC(=O)C(c2ccccc2)(c2ccccc2)N1. The van der Waals surface area contributed by atoms with E-state index in [1.54, 1.807) is 0 Å². The van der Waals surface area contributed by atoms with Crippen LogP contribution in [-0.2, 0) is 20.5 Å². The van der Waals surface area contributed by atoms with Gasteiger partial charge in [-0.2, -0.15) is 8.42 Å². The van der Waals surface area contributed by atoms with E-state index in [1.807, 2.05) is 60.7 Å². The molecule has 24 heavy (non-hydrogen) atoms. The third-order valence-electron chi connectivity index (χ3n) is 3.28. The molecule has 0 unspecified atom stereocenters. The number of hydrogen-bond donors (Lipinski definition) is 3. The third kappa shape index (κ3) is 3.98. The lowest BCUT2D eigenvalue weighted by Gasteiger charge is -2.27. The summed E-state index contributed by atoms with van der Waals surface area (Å²) in [4.78, 5) is 23.9. The largest absolute Gasteiger partial charge is 0.322 e. The van der Waals surface area contributed by atoms with E-state index in [-0.39, 0.29) is 5.91 Å². The highest BCUT2D eigenvalue weighted by atomic mass is 32.2. The Balaban J connectivity index is 0.000000368. The van der Waals surface area contributed by atoms with Gasteiger partial charge in [-0.1, -0.05) is 60.7 Å². The number of carbonyl (C=O) groups excluding carboxylic acids is 2. The van der Waals surface area contributed by atoms with Gasteiger partial charge < -0.3 is 5.32 Å². The van der Waals surface area contributed by atoms with Gasteiger partial charge in [-0.25, -0.2) is 4.79 Å². The minimum Gasteiger partial charge on any atom is -0.316 e. The maximum Gasteiger partial charge on any atom is 0.322 e. The molecular formula is C16H16N2O5S. The molecule has 0 saturated carbocycles. The van der Waals surface area contributed by atoms with Gasteiger partial charge in [0, 0.05) is 0 Å². The Bertz CT molecular complexity index is 788. The minimum absolute atomic E-state index is 0.352. The fraction of sp³-hybridized carbons (Fsp3) is 0.125. The number of imide groups is 1. The standard InChI is InChI=1S/C15H12N2O2.CH4O3S/c18-13-15(17-14(19)16-13,11-7-3-1-4-8-11)12-9-5-2-6-10-12;1-5(2,3)4/h1-10H,(H2,16,17,18,19);1H3,(H,2,3,4). The van der Waals surface area contributed by atoms with Crippen LogP contribution in [0.4, 0.5) is 4.79 Å². The Kier molecular flexibility index (Phi) is 5.01. The molecule has 3 rings (SSSR count). The second-order valence-electron chi connectivity index (χ2n) is 5.12. The van der Waals surface area contributed by atoms with Gasteiger partial charge >= 0.3 is 6.03 Å². The Hall–Kier alpha value is -2.71. The van der Waals surface area contributed by atoms with Crippen LogP contribution < -0.4 is 10.6 Å². The average Bonchev–Trinajstić information content (AvgIpc) is 2.83. The summed E-state index contributed by atoms with van der Waals surface area (Å²) in [7, 11) is -3.67.